The minimum atomic E-state index is -3.61. The first-order chi connectivity index (χ1) is 10.9. The fraction of sp³-hybridized carbons (Fsp3) is 0.333. The summed E-state index contributed by atoms with van der Waals surface area (Å²) in [4.78, 5) is 11.3. The van der Waals surface area contributed by atoms with Crippen molar-refractivity contribution in [1.82, 2.24) is 9.46 Å². The quantitative estimate of drug-likeness (QED) is 0.921. The Balaban J connectivity index is 1.90. The van der Waals surface area contributed by atoms with Crippen molar-refractivity contribution in [3.8, 4) is 0 Å². The Kier molecular flexibility index (Phi) is 3.95. The fourth-order valence-electron chi connectivity index (χ4n) is 2.68. The van der Waals surface area contributed by atoms with Crippen LogP contribution >= 0.6 is 0 Å². The molecule has 7 nitrogen and oxygen atoms in total. The number of hydrogen-bond acceptors (Lipinski definition) is 5. The number of aryl methyl sites for hydroxylation is 1. The molecule has 8 heteroatoms. The van der Waals surface area contributed by atoms with Gasteiger partial charge in [0, 0.05) is 37.7 Å². The molecule has 1 aliphatic rings. The van der Waals surface area contributed by atoms with Crippen molar-refractivity contribution in [2.45, 2.75) is 31.7 Å². The maximum absolute atomic E-state index is 12.9. The highest BCUT2D eigenvalue weighted by molar-refractivity contribution is 7.89. The predicted molar refractivity (Wildman–Crippen MR) is 83.3 cm³/mol. The highest BCUT2D eigenvalue weighted by Crippen LogP contribution is 2.27. The minimum Gasteiger partial charge on any atom is -0.361 e. The van der Waals surface area contributed by atoms with Crippen LogP contribution in [0.25, 0.3) is 0 Å². The minimum absolute atomic E-state index is 0.198. The number of nitrogens with zero attached hydrogens (tertiary/aromatic N) is 2. The average Bonchev–Trinajstić information content (AvgIpc) is 2.93. The molecule has 23 heavy (non-hydrogen) atoms. The Bertz CT molecular complexity index is 857. The van der Waals surface area contributed by atoms with E-state index in [0.717, 1.165) is 11.3 Å². The second-order valence-electron chi connectivity index (χ2n) is 5.52. The smallest absolute Gasteiger partial charge is 0.243 e. The second-order valence-corrected chi connectivity index (χ2v) is 7.43. The molecule has 0 spiro atoms. The van der Waals surface area contributed by atoms with Crippen LogP contribution in [0.4, 0.5) is 5.69 Å². The number of aromatic nitrogens is 1. The van der Waals surface area contributed by atoms with Gasteiger partial charge in [-0.2, -0.15) is 4.31 Å². The van der Waals surface area contributed by atoms with Gasteiger partial charge in [-0.15, -0.1) is 0 Å². The number of carbonyl (C=O) groups excluding carboxylic acids is 1. The Hall–Kier alpha value is -2.19. The molecule has 122 valence electrons. The summed E-state index contributed by atoms with van der Waals surface area (Å²) >= 11 is 0. The number of sulfonamides is 1. The molecule has 1 aromatic heterocycles. The first-order valence-electron chi connectivity index (χ1n) is 7.19. The third-order valence-corrected chi connectivity index (χ3v) is 5.78. The van der Waals surface area contributed by atoms with Gasteiger partial charge in [0.15, 0.2) is 0 Å². The number of anilines is 1. The Labute approximate surface area is 134 Å². The Morgan fingerprint density at radius 1 is 1.39 bits per heavy atom. The van der Waals surface area contributed by atoms with Crippen molar-refractivity contribution in [2.75, 3.05) is 11.9 Å². The number of amides is 1. The van der Waals surface area contributed by atoms with Crippen molar-refractivity contribution >= 4 is 21.6 Å². The van der Waals surface area contributed by atoms with Crippen molar-refractivity contribution in [1.29, 1.82) is 0 Å². The van der Waals surface area contributed by atoms with E-state index in [9.17, 15) is 13.2 Å². The number of rotatable bonds is 3. The molecule has 0 atom stereocenters. The van der Waals surface area contributed by atoms with Gasteiger partial charge < -0.3 is 9.84 Å². The normalized spacial score (nSPS) is 15.2. The zero-order chi connectivity index (χ0) is 16.6. The lowest BCUT2D eigenvalue weighted by Crippen LogP contribution is -2.35. The van der Waals surface area contributed by atoms with Crippen LogP contribution in [0.2, 0.25) is 0 Å². The molecule has 0 saturated heterocycles. The van der Waals surface area contributed by atoms with Crippen molar-refractivity contribution in [2.24, 2.45) is 0 Å². The van der Waals surface area contributed by atoms with Crippen molar-refractivity contribution in [3.63, 3.8) is 0 Å². The van der Waals surface area contributed by atoms with E-state index < -0.39 is 10.0 Å². The first-order valence-corrected chi connectivity index (χ1v) is 8.63. The third-order valence-electron chi connectivity index (χ3n) is 3.78. The molecule has 0 radical (unpaired) electrons. The standard InChI is InChI=1S/C15H17N3O4S/c1-10-7-13(17-11(2)19)3-4-15(10)23(20,21)18-6-5-14-12(9-18)8-16-22-14/h3-4,7-8H,5-6,9H2,1-2H3,(H,17,19). The van der Waals surface area contributed by atoms with Crippen LogP contribution < -0.4 is 5.32 Å². The van der Waals surface area contributed by atoms with Crippen LogP contribution in [0.1, 0.15) is 23.8 Å². The van der Waals surface area contributed by atoms with E-state index in [4.69, 9.17) is 4.52 Å². The van der Waals surface area contributed by atoms with Gasteiger partial charge in [-0.1, -0.05) is 5.16 Å². The molecule has 0 aliphatic carbocycles. The van der Waals surface area contributed by atoms with E-state index in [-0.39, 0.29) is 17.3 Å². The molecule has 0 bridgehead atoms. The zero-order valence-electron chi connectivity index (χ0n) is 12.9. The number of fused-ring (bicyclic) bond motifs is 1. The van der Waals surface area contributed by atoms with Crippen LogP contribution in [0, 0.1) is 6.92 Å². The summed E-state index contributed by atoms with van der Waals surface area (Å²) in [5, 5.41) is 6.36. The molecule has 1 N–H and O–H groups in total. The Morgan fingerprint density at radius 2 is 2.17 bits per heavy atom. The summed E-state index contributed by atoms with van der Waals surface area (Å²) in [5.74, 6) is 0.546. The largest absolute Gasteiger partial charge is 0.361 e. The summed E-state index contributed by atoms with van der Waals surface area (Å²) in [6, 6.07) is 4.78. The van der Waals surface area contributed by atoms with Gasteiger partial charge in [0.2, 0.25) is 15.9 Å². The molecule has 0 fully saturated rings. The molecule has 0 unspecified atom stereocenters. The van der Waals surface area contributed by atoms with E-state index in [1.807, 2.05) is 0 Å². The predicted octanol–water partition coefficient (Wildman–Crippen LogP) is 1.69. The molecule has 1 aliphatic heterocycles. The topological polar surface area (TPSA) is 92.5 Å². The molecule has 3 rings (SSSR count). The van der Waals surface area contributed by atoms with Crippen LogP contribution in [0.3, 0.4) is 0 Å². The van der Waals surface area contributed by atoms with Crippen LogP contribution in [0.15, 0.2) is 33.8 Å². The number of carbonyl (C=O) groups is 1. The summed E-state index contributed by atoms with van der Waals surface area (Å²) < 4.78 is 32.2. The van der Waals surface area contributed by atoms with Gasteiger partial charge in [-0.3, -0.25) is 4.79 Å². The molecule has 0 saturated carbocycles. The first kappa shape index (κ1) is 15.7. The molecular formula is C15H17N3O4S. The third kappa shape index (κ3) is 2.99. The van der Waals surface area contributed by atoms with Gasteiger partial charge in [-0.05, 0) is 30.7 Å². The zero-order valence-corrected chi connectivity index (χ0v) is 13.7. The lowest BCUT2D eigenvalue weighted by molar-refractivity contribution is -0.114. The highest BCUT2D eigenvalue weighted by atomic mass is 32.2. The van der Waals surface area contributed by atoms with Gasteiger partial charge >= 0.3 is 0 Å². The van der Waals surface area contributed by atoms with Crippen molar-refractivity contribution in [3.05, 3.63) is 41.3 Å². The average molecular weight is 335 g/mol. The second kappa shape index (κ2) is 5.78. The van der Waals surface area contributed by atoms with Crippen molar-refractivity contribution < 1.29 is 17.7 Å². The molecular weight excluding hydrogens is 318 g/mol. The van der Waals surface area contributed by atoms with Gasteiger partial charge in [0.05, 0.1) is 11.1 Å². The molecule has 2 heterocycles. The summed E-state index contributed by atoms with van der Waals surface area (Å²) in [5.41, 5.74) is 1.97. The molecule has 1 amide bonds. The number of hydrogen-bond donors (Lipinski definition) is 1. The van der Waals surface area contributed by atoms with E-state index in [1.54, 1.807) is 25.3 Å². The summed E-state index contributed by atoms with van der Waals surface area (Å²) in [6.45, 7) is 3.74. The number of benzene rings is 1. The maximum Gasteiger partial charge on any atom is 0.243 e. The van der Waals surface area contributed by atoms with Crippen LogP contribution in [-0.2, 0) is 27.8 Å². The van der Waals surface area contributed by atoms with E-state index >= 15 is 0 Å². The Morgan fingerprint density at radius 3 is 2.87 bits per heavy atom. The van der Waals surface area contributed by atoms with Gasteiger partial charge in [0.25, 0.3) is 0 Å². The lowest BCUT2D eigenvalue weighted by Gasteiger charge is -2.25. The summed E-state index contributed by atoms with van der Waals surface area (Å²) in [6.07, 6.45) is 2.07. The molecule has 2 aromatic rings. The van der Waals surface area contributed by atoms with E-state index in [1.165, 1.54) is 17.3 Å². The van der Waals surface area contributed by atoms with Gasteiger partial charge in [-0.25, -0.2) is 8.42 Å². The maximum atomic E-state index is 12.9. The van der Waals surface area contributed by atoms with Crippen LogP contribution in [-0.4, -0.2) is 30.3 Å². The van der Waals surface area contributed by atoms with Gasteiger partial charge in [0.1, 0.15) is 5.76 Å². The van der Waals surface area contributed by atoms with E-state index in [2.05, 4.69) is 10.5 Å². The number of nitrogens with one attached hydrogen (secondary N) is 1. The van der Waals surface area contributed by atoms with E-state index in [0.29, 0.717) is 24.2 Å². The lowest BCUT2D eigenvalue weighted by atomic mass is 10.1. The summed E-state index contributed by atoms with van der Waals surface area (Å²) in [7, 11) is -3.61. The van der Waals surface area contributed by atoms with Crippen LogP contribution in [0.5, 0.6) is 0 Å². The molecule has 1 aromatic carbocycles. The monoisotopic (exact) mass is 335 g/mol. The fourth-order valence-corrected chi connectivity index (χ4v) is 4.30. The SMILES string of the molecule is CC(=O)Nc1ccc(S(=O)(=O)N2CCc3oncc3C2)c(C)c1. The highest BCUT2D eigenvalue weighted by Gasteiger charge is 2.31.